The van der Waals surface area contributed by atoms with E-state index in [0.717, 1.165) is 34.3 Å². The van der Waals surface area contributed by atoms with E-state index in [1.807, 2.05) is 6.07 Å². The smallest absolute Gasteiger partial charge is 0.387 e. The van der Waals surface area contributed by atoms with Gasteiger partial charge in [0.2, 0.25) is 0 Å². The maximum atomic E-state index is 13.0. The number of hydrogen-bond acceptors (Lipinski definition) is 7. The molecule has 10 heteroatoms. The lowest BCUT2D eigenvalue weighted by Crippen LogP contribution is -2.34. The quantitative estimate of drug-likeness (QED) is 0.289. The molecule has 4 aromatic rings. The predicted molar refractivity (Wildman–Crippen MR) is 137 cm³/mol. The van der Waals surface area contributed by atoms with Crippen molar-refractivity contribution in [1.29, 1.82) is 5.26 Å². The van der Waals surface area contributed by atoms with Gasteiger partial charge in [-0.3, -0.25) is 0 Å². The molecule has 2 saturated carbocycles. The first-order valence-electron chi connectivity index (χ1n) is 12.7. The molecule has 6 rings (SSSR count). The second-order valence-corrected chi connectivity index (χ2v) is 11.0. The Balaban J connectivity index is 1.17. The summed E-state index contributed by atoms with van der Waals surface area (Å²) < 4.78 is 39.7. The van der Waals surface area contributed by atoms with Gasteiger partial charge in [0.15, 0.2) is 5.75 Å². The van der Waals surface area contributed by atoms with E-state index in [0.29, 0.717) is 47.9 Å². The summed E-state index contributed by atoms with van der Waals surface area (Å²) in [6.07, 6.45) is 6.25. The monoisotopic (exact) mass is 536 g/mol. The van der Waals surface area contributed by atoms with Crippen LogP contribution in [0.25, 0.3) is 15.9 Å². The molecule has 2 aliphatic rings. The molecule has 2 aliphatic carbocycles. The number of nitriles is 1. The van der Waals surface area contributed by atoms with Crippen LogP contribution in [0.1, 0.15) is 66.3 Å². The van der Waals surface area contributed by atoms with Gasteiger partial charge in [-0.1, -0.05) is 12.1 Å². The van der Waals surface area contributed by atoms with E-state index in [1.165, 1.54) is 17.4 Å². The number of benzene rings is 2. The number of halogens is 2. The molecule has 1 N–H and O–H groups in total. The lowest BCUT2D eigenvalue weighted by Gasteiger charge is -2.34. The second kappa shape index (κ2) is 10.1. The van der Waals surface area contributed by atoms with Crippen molar-refractivity contribution in [2.75, 3.05) is 0 Å². The summed E-state index contributed by atoms with van der Waals surface area (Å²) in [4.78, 5) is 4.65. The van der Waals surface area contributed by atoms with Crippen LogP contribution < -0.4 is 4.74 Å². The summed E-state index contributed by atoms with van der Waals surface area (Å²) in [5.74, 6) is 0.470. The standard InChI is InChI=1S/C28H26F2N4O3S/c29-27(30)37-24-4-2-1-3-22(24)34-23(20(15-32-34)18-6-7-18)16-36-19-9-11-28(35,12-10-19)26-33-21-8-5-17(14-31)13-25(21)38-26/h1-5,8,13,15,18-19,27,35H,6-7,9-12,16H2/t19-,28+. The first-order valence-corrected chi connectivity index (χ1v) is 13.5. The largest absolute Gasteiger partial charge is 0.433 e. The highest BCUT2D eigenvalue weighted by atomic mass is 32.1. The minimum Gasteiger partial charge on any atom is -0.433 e. The first kappa shape index (κ1) is 24.9. The van der Waals surface area contributed by atoms with Crippen LogP contribution in [-0.2, 0) is 16.9 Å². The number of nitrogens with zero attached hydrogens (tertiary/aromatic N) is 4. The van der Waals surface area contributed by atoms with Crippen LogP contribution in [0, 0.1) is 11.3 Å². The Bertz CT molecular complexity index is 1500. The Morgan fingerprint density at radius 1 is 1.16 bits per heavy atom. The number of aliphatic hydroxyl groups is 1. The van der Waals surface area contributed by atoms with Gasteiger partial charge < -0.3 is 14.6 Å². The van der Waals surface area contributed by atoms with Crippen LogP contribution >= 0.6 is 11.3 Å². The Labute approximate surface area is 222 Å². The number of hydrogen-bond donors (Lipinski definition) is 1. The Morgan fingerprint density at radius 2 is 1.95 bits per heavy atom. The van der Waals surface area contributed by atoms with E-state index in [9.17, 15) is 13.9 Å². The first-order chi connectivity index (χ1) is 18.4. The van der Waals surface area contributed by atoms with Crippen molar-refractivity contribution in [1.82, 2.24) is 14.8 Å². The van der Waals surface area contributed by atoms with E-state index in [1.54, 1.807) is 41.2 Å². The number of alkyl halides is 2. The minimum atomic E-state index is -2.93. The normalized spacial score (nSPS) is 21.6. The highest BCUT2D eigenvalue weighted by molar-refractivity contribution is 7.18. The van der Waals surface area contributed by atoms with Gasteiger partial charge in [0.05, 0.1) is 46.5 Å². The third kappa shape index (κ3) is 4.89. The van der Waals surface area contributed by atoms with Crippen molar-refractivity contribution in [2.45, 2.75) is 69.4 Å². The van der Waals surface area contributed by atoms with E-state index in [4.69, 9.17) is 14.7 Å². The molecule has 2 aromatic carbocycles. The van der Waals surface area contributed by atoms with Crippen LogP contribution in [0.2, 0.25) is 0 Å². The molecular weight excluding hydrogens is 510 g/mol. The van der Waals surface area contributed by atoms with Crippen LogP contribution in [0.3, 0.4) is 0 Å². The lowest BCUT2D eigenvalue weighted by molar-refractivity contribution is -0.0649. The van der Waals surface area contributed by atoms with Gasteiger partial charge >= 0.3 is 6.61 Å². The van der Waals surface area contributed by atoms with Crippen LogP contribution in [0.4, 0.5) is 8.78 Å². The fraction of sp³-hybridized carbons (Fsp3) is 0.393. The Morgan fingerprint density at radius 3 is 2.68 bits per heavy atom. The predicted octanol–water partition coefficient (Wildman–Crippen LogP) is 6.18. The summed E-state index contributed by atoms with van der Waals surface area (Å²) >= 11 is 1.43. The Hall–Kier alpha value is -3.39. The summed E-state index contributed by atoms with van der Waals surface area (Å²) in [6, 6.07) is 14.1. The number of rotatable bonds is 8. The summed E-state index contributed by atoms with van der Waals surface area (Å²) in [5, 5.41) is 25.8. The van der Waals surface area contributed by atoms with Gasteiger partial charge in [0.1, 0.15) is 16.3 Å². The van der Waals surface area contributed by atoms with Crippen molar-refractivity contribution in [3.8, 4) is 17.5 Å². The van der Waals surface area contributed by atoms with Crippen molar-refractivity contribution < 1.29 is 23.4 Å². The number of aromatic nitrogens is 3. The fourth-order valence-corrected chi connectivity index (χ4v) is 6.29. The van der Waals surface area contributed by atoms with Crippen molar-refractivity contribution >= 4 is 21.6 Å². The van der Waals surface area contributed by atoms with Crippen LogP contribution in [0.5, 0.6) is 5.75 Å². The van der Waals surface area contributed by atoms with Gasteiger partial charge in [0.25, 0.3) is 0 Å². The number of fused-ring (bicyclic) bond motifs is 1. The number of ether oxygens (including phenoxy) is 2. The molecular formula is C28H26F2N4O3S. The average Bonchev–Trinajstić information content (AvgIpc) is 3.52. The van der Waals surface area contributed by atoms with E-state index in [2.05, 4.69) is 16.2 Å². The number of thiazole rings is 1. The van der Waals surface area contributed by atoms with Gasteiger partial charge in [-0.05, 0) is 80.3 Å². The second-order valence-electron chi connectivity index (χ2n) is 9.93. The van der Waals surface area contributed by atoms with Gasteiger partial charge in [-0.2, -0.15) is 19.1 Å². The molecule has 0 amide bonds. The molecule has 0 atom stereocenters. The van der Waals surface area contributed by atoms with E-state index < -0.39 is 12.2 Å². The molecule has 2 aromatic heterocycles. The zero-order valence-corrected chi connectivity index (χ0v) is 21.3. The molecule has 0 bridgehead atoms. The van der Waals surface area contributed by atoms with Crippen LogP contribution in [-0.4, -0.2) is 32.6 Å². The molecule has 0 saturated heterocycles. The molecule has 0 unspecified atom stereocenters. The lowest BCUT2D eigenvalue weighted by atomic mass is 9.83. The number of para-hydroxylation sites is 2. The van der Waals surface area contributed by atoms with E-state index >= 15 is 0 Å². The zero-order valence-electron chi connectivity index (χ0n) is 20.5. The highest BCUT2D eigenvalue weighted by Crippen LogP contribution is 2.44. The molecule has 196 valence electrons. The van der Waals surface area contributed by atoms with Gasteiger partial charge in [-0.25, -0.2) is 9.67 Å². The highest BCUT2D eigenvalue weighted by Gasteiger charge is 2.38. The zero-order chi connectivity index (χ0) is 26.3. The third-order valence-corrected chi connectivity index (χ3v) is 8.57. The molecule has 0 spiro atoms. The summed E-state index contributed by atoms with van der Waals surface area (Å²) in [5.41, 5.74) is 2.71. The van der Waals surface area contributed by atoms with Gasteiger partial charge in [0, 0.05) is 0 Å². The third-order valence-electron chi connectivity index (χ3n) is 7.36. The summed E-state index contributed by atoms with van der Waals surface area (Å²) in [7, 11) is 0. The van der Waals surface area contributed by atoms with Crippen LogP contribution in [0.15, 0.2) is 48.7 Å². The molecule has 0 radical (unpaired) electrons. The SMILES string of the molecule is N#Cc1ccc2nc([C@]3(O)CC[C@@H](OCc4c(C5CC5)cnn4-c4ccccc4OC(F)F)CC3)sc2c1. The van der Waals surface area contributed by atoms with Crippen molar-refractivity contribution in [3.05, 3.63) is 70.5 Å². The summed E-state index contributed by atoms with van der Waals surface area (Å²) in [6.45, 7) is -2.64. The molecule has 38 heavy (non-hydrogen) atoms. The fourth-order valence-electron chi connectivity index (χ4n) is 5.14. The van der Waals surface area contributed by atoms with E-state index in [-0.39, 0.29) is 18.5 Å². The van der Waals surface area contributed by atoms with Gasteiger partial charge in [-0.15, -0.1) is 11.3 Å². The van der Waals surface area contributed by atoms with Crippen molar-refractivity contribution in [2.24, 2.45) is 0 Å². The average molecular weight is 537 g/mol. The molecule has 2 fully saturated rings. The molecule has 2 heterocycles. The maximum absolute atomic E-state index is 13.0. The minimum absolute atomic E-state index is 0.0576. The van der Waals surface area contributed by atoms with Crippen molar-refractivity contribution in [3.63, 3.8) is 0 Å². The maximum Gasteiger partial charge on any atom is 0.387 e. The molecule has 7 nitrogen and oxygen atoms in total. The Kier molecular flexibility index (Phi) is 6.60. The topological polar surface area (TPSA) is 93.2 Å². The molecule has 0 aliphatic heterocycles.